The molecular formula is C17H18N2. The van der Waals surface area contributed by atoms with Crippen molar-refractivity contribution in [1.29, 1.82) is 5.26 Å². The SMILES string of the molecule is CC(C)c1ccc(NCc2ccc(C#N)cc2)cc1. The maximum atomic E-state index is 8.74. The summed E-state index contributed by atoms with van der Waals surface area (Å²) >= 11 is 0. The highest BCUT2D eigenvalue weighted by molar-refractivity contribution is 5.46. The van der Waals surface area contributed by atoms with Crippen LogP contribution in [0.4, 0.5) is 5.69 Å². The van der Waals surface area contributed by atoms with Crippen molar-refractivity contribution in [2.75, 3.05) is 5.32 Å². The molecule has 0 unspecified atom stereocenters. The molecule has 0 spiro atoms. The monoisotopic (exact) mass is 250 g/mol. The topological polar surface area (TPSA) is 35.8 Å². The molecule has 0 aromatic heterocycles. The first-order valence-corrected chi connectivity index (χ1v) is 6.52. The number of hydrogen-bond acceptors (Lipinski definition) is 2. The van der Waals surface area contributed by atoms with E-state index in [0.29, 0.717) is 11.5 Å². The molecule has 0 fully saturated rings. The van der Waals surface area contributed by atoms with Crippen LogP contribution in [0.1, 0.15) is 36.5 Å². The number of nitrogens with one attached hydrogen (secondary N) is 1. The number of nitriles is 1. The van der Waals surface area contributed by atoms with Gasteiger partial charge in [-0.15, -0.1) is 0 Å². The van der Waals surface area contributed by atoms with E-state index in [1.54, 1.807) is 0 Å². The lowest BCUT2D eigenvalue weighted by Gasteiger charge is -2.09. The van der Waals surface area contributed by atoms with Crippen LogP contribution in [0, 0.1) is 11.3 Å². The zero-order chi connectivity index (χ0) is 13.7. The van der Waals surface area contributed by atoms with Crippen LogP contribution in [0.15, 0.2) is 48.5 Å². The fourth-order valence-electron chi connectivity index (χ4n) is 1.89. The Kier molecular flexibility index (Phi) is 4.20. The molecule has 2 heteroatoms. The van der Waals surface area contributed by atoms with Gasteiger partial charge < -0.3 is 5.32 Å². The van der Waals surface area contributed by atoms with E-state index in [1.165, 1.54) is 11.1 Å². The molecule has 0 atom stereocenters. The summed E-state index contributed by atoms with van der Waals surface area (Å²) < 4.78 is 0. The lowest BCUT2D eigenvalue weighted by atomic mass is 10.0. The third kappa shape index (κ3) is 3.59. The van der Waals surface area contributed by atoms with Gasteiger partial charge in [-0.2, -0.15) is 5.26 Å². The van der Waals surface area contributed by atoms with Gasteiger partial charge in [-0.3, -0.25) is 0 Å². The fraction of sp³-hybridized carbons (Fsp3) is 0.235. The van der Waals surface area contributed by atoms with Crippen LogP contribution in [-0.4, -0.2) is 0 Å². The Labute approximate surface area is 114 Å². The second-order valence-corrected chi connectivity index (χ2v) is 4.94. The van der Waals surface area contributed by atoms with Gasteiger partial charge in [0.1, 0.15) is 0 Å². The van der Waals surface area contributed by atoms with Crippen molar-refractivity contribution in [1.82, 2.24) is 0 Å². The standard InChI is InChI=1S/C17H18N2/c1-13(2)16-7-9-17(10-8-16)19-12-15-5-3-14(11-18)4-6-15/h3-10,13,19H,12H2,1-2H3. The van der Waals surface area contributed by atoms with E-state index in [9.17, 15) is 0 Å². The van der Waals surface area contributed by atoms with Crippen LogP contribution in [0.3, 0.4) is 0 Å². The highest BCUT2D eigenvalue weighted by atomic mass is 14.9. The van der Waals surface area contributed by atoms with E-state index >= 15 is 0 Å². The molecule has 96 valence electrons. The second-order valence-electron chi connectivity index (χ2n) is 4.94. The van der Waals surface area contributed by atoms with Crippen LogP contribution in [0.25, 0.3) is 0 Å². The molecule has 2 aromatic carbocycles. The van der Waals surface area contributed by atoms with Crippen LogP contribution >= 0.6 is 0 Å². The molecule has 0 bridgehead atoms. The minimum atomic E-state index is 0.563. The molecule has 2 nitrogen and oxygen atoms in total. The van der Waals surface area contributed by atoms with E-state index in [-0.39, 0.29) is 0 Å². The Morgan fingerprint density at radius 2 is 1.63 bits per heavy atom. The summed E-state index contributed by atoms with van der Waals surface area (Å²) in [6.45, 7) is 5.16. The molecule has 1 N–H and O–H groups in total. The number of hydrogen-bond donors (Lipinski definition) is 1. The summed E-state index contributed by atoms with van der Waals surface area (Å²) in [5.74, 6) is 0.563. The molecule has 0 saturated carbocycles. The van der Waals surface area contributed by atoms with Crippen LogP contribution < -0.4 is 5.32 Å². The second kappa shape index (κ2) is 6.06. The number of anilines is 1. The zero-order valence-corrected chi connectivity index (χ0v) is 11.4. The minimum Gasteiger partial charge on any atom is -0.381 e. The molecule has 0 heterocycles. The summed E-state index contributed by atoms with van der Waals surface area (Å²) in [5, 5.41) is 12.1. The fourth-order valence-corrected chi connectivity index (χ4v) is 1.89. The van der Waals surface area contributed by atoms with Crippen molar-refractivity contribution in [3.63, 3.8) is 0 Å². The first-order chi connectivity index (χ1) is 9.19. The van der Waals surface area contributed by atoms with Gasteiger partial charge in [0, 0.05) is 12.2 Å². The Morgan fingerprint density at radius 1 is 1.00 bits per heavy atom. The Hall–Kier alpha value is -2.27. The lowest BCUT2D eigenvalue weighted by molar-refractivity contribution is 0.867. The van der Waals surface area contributed by atoms with Crippen molar-refractivity contribution >= 4 is 5.69 Å². The third-order valence-corrected chi connectivity index (χ3v) is 3.16. The largest absolute Gasteiger partial charge is 0.381 e. The van der Waals surface area contributed by atoms with Crippen molar-refractivity contribution in [2.45, 2.75) is 26.3 Å². The van der Waals surface area contributed by atoms with Gasteiger partial charge in [0.25, 0.3) is 0 Å². The normalized spacial score (nSPS) is 10.2. The van der Waals surface area contributed by atoms with Crippen molar-refractivity contribution < 1.29 is 0 Å². The van der Waals surface area contributed by atoms with Crippen LogP contribution in [0.2, 0.25) is 0 Å². The van der Waals surface area contributed by atoms with E-state index in [0.717, 1.165) is 12.2 Å². The predicted molar refractivity (Wildman–Crippen MR) is 79.0 cm³/mol. The zero-order valence-electron chi connectivity index (χ0n) is 11.4. The Morgan fingerprint density at radius 3 is 2.16 bits per heavy atom. The highest BCUT2D eigenvalue weighted by Gasteiger charge is 1.99. The molecule has 0 amide bonds. The Bertz CT molecular complexity index is 560. The average Bonchev–Trinajstić information content (AvgIpc) is 2.46. The molecule has 0 aliphatic carbocycles. The van der Waals surface area contributed by atoms with E-state index in [1.807, 2.05) is 24.3 Å². The number of nitrogens with zero attached hydrogens (tertiary/aromatic N) is 1. The number of rotatable bonds is 4. The molecule has 0 saturated heterocycles. The Balaban J connectivity index is 1.96. The summed E-state index contributed by atoms with van der Waals surface area (Å²) in [7, 11) is 0. The van der Waals surface area contributed by atoms with E-state index < -0.39 is 0 Å². The maximum absolute atomic E-state index is 8.74. The van der Waals surface area contributed by atoms with Gasteiger partial charge in [-0.05, 0) is 41.3 Å². The van der Waals surface area contributed by atoms with Crippen molar-refractivity contribution in [3.05, 3.63) is 65.2 Å². The molecule has 0 aliphatic heterocycles. The molecular weight excluding hydrogens is 232 g/mol. The highest BCUT2D eigenvalue weighted by Crippen LogP contribution is 2.17. The summed E-state index contributed by atoms with van der Waals surface area (Å²) in [5.41, 5.74) is 4.34. The lowest BCUT2D eigenvalue weighted by Crippen LogP contribution is -1.99. The van der Waals surface area contributed by atoms with Crippen LogP contribution in [-0.2, 0) is 6.54 Å². The molecule has 19 heavy (non-hydrogen) atoms. The third-order valence-electron chi connectivity index (χ3n) is 3.16. The average molecular weight is 250 g/mol. The van der Waals surface area contributed by atoms with Gasteiger partial charge in [-0.1, -0.05) is 38.1 Å². The maximum Gasteiger partial charge on any atom is 0.0991 e. The minimum absolute atomic E-state index is 0.563. The van der Waals surface area contributed by atoms with Crippen molar-refractivity contribution in [3.8, 4) is 6.07 Å². The quantitative estimate of drug-likeness (QED) is 0.878. The van der Waals surface area contributed by atoms with E-state index in [4.69, 9.17) is 5.26 Å². The van der Waals surface area contributed by atoms with E-state index in [2.05, 4.69) is 49.5 Å². The summed E-state index contributed by atoms with van der Waals surface area (Å²) in [6.07, 6.45) is 0. The van der Waals surface area contributed by atoms with Gasteiger partial charge in [0.2, 0.25) is 0 Å². The molecule has 2 aromatic rings. The smallest absolute Gasteiger partial charge is 0.0991 e. The van der Waals surface area contributed by atoms with Gasteiger partial charge in [0.05, 0.1) is 11.6 Å². The van der Waals surface area contributed by atoms with Gasteiger partial charge >= 0.3 is 0 Å². The van der Waals surface area contributed by atoms with Crippen LogP contribution in [0.5, 0.6) is 0 Å². The predicted octanol–water partition coefficient (Wildman–Crippen LogP) is 4.29. The van der Waals surface area contributed by atoms with Crippen molar-refractivity contribution in [2.24, 2.45) is 0 Å². The van der Waals surface area contributed by atoms with Gasteiger partial charge in [-0.25, -0.2) is 0 Å². The number of benzene rings is 2. The van der Waals surface area contributed by atoms with Gasteiger partial charge in [0.15, 0.2) is 0 Å². The summed E-state index contributed by atoms with van der Waals surface area (Å²) in [4.78, 5) is 0. The summed E-state index contributed by atoms with van der Waals surface area (Å²) in [6, 6.07) is 18.3. The molecule has 2 rings (SSSR count). The molecule has 0 aliphatic rings. The first kappa shape index (κ1) is 13.2. The first-order valence-electron chi connectivity index (χ1n) is 6.52. The molecule has 0 radical (unpaired) electrons.